The summed E-state index contributed by atoms with van der Waals surface area (Å²) in [6.07, 6.45) is 6.21. The molecule has 0 spiro atoms. The first-order chi connectivity index (χ1) is 12.8. The highest BCUT2D eigenvalue weighted by Gasteiger charge is 2.21. The van der Waals surface area contributed by atoms with Crippen LogP contribution < -0.4 is 5.32 Å². The molecule has 3 rings (SSSR count). The Kier molecular flexibility index (Phi) is 7.58. The van der Waals surface area contributed by atoms with Crippen molar-refractivity contribution in [2.75, 3.05) is 39.9 Å². The van der Waals surface area contributed by atoms with Gasteiger partial charge in [0.15, 0.2) is 5.96 Å². The third-order valence-corrected chi connectivity index (χ3v) is 5.35. The van der Waals surface area contributed by atoms with Gasteiger partial charge < -0.3 is 19.4 Å². The van der Waals surface area contributed by atoms with Crippen molar-refractivity contribution in [3.8, 4) is 0 Å². The summed E-state index contributed by atoms with van der Waals surface area (Å²) in [5.41, 5.74) is 0. The highest BCUT2D eigenvalue weighted by Crippen LogP contribution is 2.28. The monoisotopic (exact) mass is 375 g/mol. The number of nitrogens with one attached hydrogen (secondary N) is 1. The minimum absolute atomic E-state index is 0.747. The summed E-state index contributed by atoms with van der Waals surface area (Å²) in [5, 5.41) is 5.58. The summed E-state index contributed by atoms with van der Waals surface area (Å²) in [4.78, 5) is 8.33. The number of rotatable bonds is 11. The molecule has 26 heavy (non-hydrogen) atoms. The minimum atomic E-state index is 0.747. The van der Waals surface area contributed by atoms with Gasteiger partial charge in [-0.05, 0) is 42.3 Å². The Morgan fingerprint density at radius 2 is 2.27 bits per heavy atom. The molecule has 0 atom stereocenters. The van der Waals surface area contributed by atoms with Gasteiger partial charge >= 0.3 is 0 Å². The topological polar surface area (TPSA) is 50.0 Å². The molecule has 0 amide bonds. The summed E-state index contributed by atoms with van der Waals surface area (Å²) < 4.78 is 11.2. The lowest BCUT2D eigenvalue weighted by molar-refractivity contribution is 0.115. The molecule has 1 fully saturated rings. The first kappa shape index (κ1) is 19.0. The number of furan rings is 1. The quantitative estimate of drug-likeness (QED) is 0.371. The fourth-order valence-electron chi connectivity index (χ4n) is 2.63. The van der Waals surface area contributed by atoms with Crippen LogP contribution in [0.2, 0.25) is 0 Å². The van der Waals surface area contributed by atoms with E-state index >= 15 is 0 Å². The van der Waals surface area contributed by atoms with Crippen molar-refractivity contribution in [3.63, 3.8) is 0 Å². The Morgan fingerprint density at radius 1 is 1.35 bits per heavy atom. The largest absolute Gasteiger partial charge is 0.469 e. The van der Waals surface area contributed by atoms with E-state index in [1.54, 1.807) is 17.6 Å². The Balaban J connectivity index is 1.44. The fraction of sp³-hybridized carbons (Fsp3) is 0.550. The Morgan fingerprint density at radius 3 is 3.00 bits per heavy atom. The van der Waals surface area contributed by atoms with E-state index in [0.717, 1.165) is 63.3 Å². The number of guanidine groups is 1. The van der Waals surface area contributed by atoms with E-state index in [4.69, 9.17) is 14.1 Å². The summed E-state index contributed by atoms with van der Waals surface area (Å²) >= 11 is 1.79. The van der Waals surface area contributed by atoms with Gasteiger partial charge in [0.1, 0.15) is 5.76 Å². The number of ether oxygens (including phenoxy) is 1. The fourth-order valence-corrected chi connectivity index (χ4v) is 3.33. The van der Waals surface area contributed by atoms with Crippen molar-refractivity contribution in [2.45, 2.75) is 25.7 Å². The lowest BCUT2D eigenvalue weighted by Crippen LogP contribution is -2.41. The van der Waals surface area contributed by atoms with Gasteiger partial charge in [-0.15, -0.1) is 11.3 Å². The number of hydrogen-bond acceptors (Lipinski definition) is 4. The molecule has 0 aromatic carbocycles. The van der Waals surface area contributed by atoms with Crippen molar-refractivity contribution < 1.29 is 9.15 Å². The molecule has 2 aromatic heterocycles. The van der Waals surface area contributed by atoms with Gasteiger partial charge in [0, 0.05) is 51.0 Å². The normalized spacial score (nSPS) is 14.6. The highest BCUT2D eigenvalue weighted by molar-refractivity contribution is 7.09. The second kappa shape index (κ2) is 10.4. The second-order valence-electron chi connectivity index (χ2n) is 6.73. The predicted molar refractivity (Wildman–Crippen MR) is 107 cm³/mol. The average Bonchev–Trinajstić information content (AvgIpc) is 3.10. The van der Waals surface area contributed by atoms with E-state index in [2.05, 4.69) is 34.8 Å². The molecule has 0 aliphatic heterocycles. The Bertz CT molecular complexity index is 636. The maximum atomic E-state index is 5.77. The molecule has 1 aliphatic carbocycles. The van der Waals surface area contributed by atoms with Crippen molar-refractivity contribution >= 4 is 17.3 Å². The van der Waals surface area contributed by atoms with Gasteiger partial charge in [-0.25, -0.2) is 0 Å². The van der Waals surface area contributed by atoms with Crippen molar-refractivity contribution in [2.24, 2.45) is 10.9 Å². The van der Waals surface area contributed by atoms with Crippen LogP contribution in [0.4, 0.5) is 0 Å². The van der Waals surface area contributed by atoms with Gasteiger partial charge in [-0.1, -0.05) is 6.07 Å². The maximum absolute atomic E-state index is 5.77. The zero-order chi connectivity index (χ0) is 18.0. The number of aliphatic imine (C=N–C) groups is 1. The molecule has 1 N–H and O–H groups in total. The van der Waals surface area contributed by atoms with E-state index in [0.29, 0.717) is 0 Å². The van der Waals surface area contributed by atoms with Gasteiger partial charge in [0.05, 0.1) is 12.9 Å². The molecule has 0 saturated heterocycles. The second-order valence-corrected chi connectivity index (χ2v) is 7.76. The number of thiophene rings is 1. The van der Waals surface area contributed by atoms with Gasteiger partial charge in [-0.3, -0.25) is 4.99 Å². The van der Waals surface area contributed by atoms with E-state index in [9.17, 15) is 0 Å². The number of likely N-dealkylation sites (N-methyl/N-ethyl adjacent to an activating group) is 1. The standard InChI is InChI=1S/C20H29N3O2S/c1-23(12-14-24-16-17-6-7-17)20(21-10-8-18-4-2-13-25-18)22-11-9-19-5-3-15-26-19/h2-5,13,15,17H,6-12,14,16H2,1H3,(H,21,22). The zero-order valence-corrected chi connectivity index (χ0v) is 16.3. The number of hydrogen-bond donors (Lipinski definition) is 1. The molecule has 1 aliphatic rings. The molecule has 2 aromatic rings. The van der Waals surface area contributed by atoms with Crippen LogP contribution in [0.3, 0.4) is 0 Å². The predicted octanol–water partition coefficient (Wildman–Crippen LogP) is 3.43. The van der Waals surface area contributed by atoms with Crippen LogP contribution in [-0.4, -0.2) is 50.8 Å². The van der Waals surface area contributed by atoms with Crippen LogP contribution in [0.25, 0.3) is 0 Å². The molecular formula is C20H29N3O2S. The molecule has 142 valence electrons. The molecule has 0 unspecified atom stereocenters. The summed E-state index contributed by atoms with van der Waals surface area (Å²) in [6, 6.07) is 8.19. The smallest absolute Gasteiger partial charge is 0.193 e. The lowest BCUT2D eigenvalue weighted by atomic mass is 10.3. The van der Waals surface area contributed by atoms with E-state index in [-0.39, 0.29) is 0 Å². The van der Waals surface area contributed by atoms with Crippen LogP contribution in [0.15, 0.2) is 45.3 Å². The molecule has 0 radical (unpaired) electrons. The molecule has 5 nitrogen and oxygen atoms in total. The summed E-state index contributed by atoms with van der Waals surface area (Å²) in [7, 11) is 2.07. The molecule has 2 heterocycles. The first-order valence-electron chi connectivity index (χ1n) is 9.43. The van der Waals surface area contributed by atoms with Crippen LogP contribution in [0.5, 0.6) is 0 Å². The molecule has 1 saturated carbocycles. The molecule has 6 heteroatoms. The van der Waals surface area contributed by atoms with Crippen LogP contribution in [0.1, 0.15) is 23.5 Å². The first-order valence-corrected chi connectivity index (χ1v) is 10.3. The minimum Gasteiger partial charge on any atom is -0.469 e. The van der Waals surface area contributed by atoms with Crippen LogP contribution >= 0.6 is 11.3 Å². The van der Waals surface area contributed by atoms with E-state index < -0.39 is 0 Å². The lowest BCUT2D eigenvalue weighted by Gasteiger charge is -2.22. The summed E-state index contributed by atoms with van der Waals surface area (Å²) in [6.45, 7) is 4.09. The van der Waals surface area contributed by atoms with Gasteiger partial charge in [0.25, 0.3) is 0 Å². The Labute approximate surface area is 160 Å². The van der Waals surface area contributed by atoms with Crippen molar-refractivity contribution in [1.29, 1.82) is 0 Å². The highest BCUT2D eigenvalue weighted by atomic mass is 32.1. The molecular weight excluding hydrogens is 346 g/mol. The van der Waals surface area contributed by atoms with Crippen molar-refractivity contribution in [1.82, 2.24) is 10.2 Å². The third kappa shape index (κ3) is 6.84. The number of nitrogens with zero attached hydrogens (tertiary/aromatic N) is 2. The van der Waals surface area contributed by atoms with Crippen molar-refractivity contribution in [3.05, 3.63) is 46.5 Å². The third-order valence-electron chi connectivity index (χ3n) is 4.42. The van der Waals surface area contributed by atoms with Gasteiger partial charge in [-0.2, -0.15) is 0 Å². The van der Waals surface area contributed by atoms with Crippen LogP contribution in [0, 0.1) is 5.92 Å². The van der Waals surface area contributed by atoms with Crippen LogP contribution in [-0.2, 0) is 17.6 Å². The van der Waals surface area contributed by atoms with Gasteiger partial charge in [0.2, 0.25) is 0 Å². The molecule has 0 bridgehead atoms. The van der Waals surface area contributed by atoms with E-state index in [1.807, 2.05) is 12.1 Å². The SMILES string of the molecule is CN(CCOCC1CC1)C(=NCCc1cccs1)NCCc1ccco1. The summed E-state index contributed by atoms with van der Waals surface area (Å²) in [5.74, 6) is 2.74. The van der Waals surface area contributed by atoms with E-state index in [1.165, 1.54) is 17.7 Å². The Hall–Kier alpha value is -1.79. The average molecular weight is 376 g/mol. The maximum Gasteiger partial charge on any atom is 0.193 e. The zero-order valence-electron chi connectivity index (χ0n) is 15.5.